The third kappa shape index (κ3) is 1.74. The fourth-order valence-electron chi connectivity index (χ4n) is 2.13. The minimum Gasteiger partial charge on any atom is -0.478 e. The standard InChI is InChI=1S/C11H15N3O2/c1-2-14-4-3-8-7(6-14)5-13-10(12)9(8)11(15)16/h5H,2-4,6H2,1H3,(H2,12,13)(H,15,16). The number of nitrogens with two attached hydrogens (primary N) is 1. The zero-order chi connectivity index (χ0) is 11.7. The van der Waals surface area contributed by atoms with Crippen LogP contribution in [0.2, 0.25) is 0 Å². The number of aromatic nitrogens is 1. The fraction of sp³-hybridized carbons (Fsp3) is 0.455. The van der Waals surface area contributed by atoms with E-state index in [4.69, 9.17) is 10.8 Å². The van der Waals surface area contributed by atoms with Crippen molar-refractivity contribution < 1.29 is 9.90 Å². The molecule has 1 aromatic rings. The maximum Gasteiger partial charge on any atom is 0.339 e. The molecular weight excluding hydrogens is 206 g/mol. The van der Waals surface area contributed by atoms with Crippen LogP contribution in [0.25, 0.3) is 0 Å². The third-order valence-corrected chi connectivity index (χ3v) is 3.04. The van der Waals surface area contributed by atoms with Crippen molar-refractivity contribution >= 4 is 11.8 Å². The van der Waals surface area contributed by atoms with Gasteiger partial charge < -0.3 is 10.8 Å². The summed E-state index contributed by atoms with van der Waals surface area (Å²) in [7, 11) is 0. The summed E-state index contributed by atoms with van der Waals surface area (Å²) < 4.78 is 0. The Bertz CT molecular complexity index is 431. The SMILES string of the molecule is CCN1CCc2c(cnc(N)c2C(=O)O)C1. The minimum atomic E-state index is -0.980. The van der Waals surface area contributed by atoms with Crippen molar-refractivity contribution in [2.45, 2.75) is 19.9 Å². The Kier molecular flexibility index (Phi) is 2.78. The van der Waals surface area contributed by atoms with Crippen LogP contribution in [0.15, 0.2) is 6.20 Å². The topological polar surface area (TPSA) is 79.5 Å². The van der Waals surface area contributed by atoms with E-state index in [2.05, 4.69) is 16.8 Å². The van der Waals surface area contributed by atoms with E-state index in [1.54, 1.807) is 6.20 Å². The lowest BCUT2D eigenvalue weighted by Crippen LogP contribution is -2.31. The van der Waals surface area contributed by atoms with Gasteiger partial charge in [-0.3, -0.25) is 4.90 Å². The van der Waals surface area contributed by atoms with Gasteiger partial charge in [0.25, 0.3) is 0 Å². The Labute approximate surface area is 93.9 Å². The molecule has 0 saturated carbocycles. The Balaban J connectivity index is 2.46. The number of pyridine rings is 1. The van der Waals surface area contributed by atoms with Gasteiger partial charge in [0, 0.05) is 19.3 Å². The zero-order valence-electron chi connectivity index (χ0n) is 9.23. The zero-order valence-corrected chi connectivity index (χ0v) is 9.23. The summed E-state index contributed by atoms with van der Waals surface area (Å²) in [4.78, 5) is 17.3. The van der Waals surface area contributed by atoms with Gasteiger partial charge in [-0.05, 0) is 24.1 Å². The number of carbonyl (C=O) groups is 1. The summed E-state index contributed by atoms with van der Waals surface area (Å²) in [5.41, 5.74) is 7.63. The smallest absolute Gasteiger partial charge is 0.339 e. The number of nitrogens with zero attached hydrogens (tertiary/aromatic N) is 2. The van der Waals surface area contributed by atoms with Crippen molar-refractivity contribution in [1.82, 2.24) is 9.88 Å². The first-order chi connectivity index (χ1) is 7.63. The second-order valence-corrected chi connectivity index (χ2v) is 3.95. The Morgan fingerprint density at radius 1 is 1.69 bits per heavy atom. The van der Waals surface area contributed by atoms with Crippen molar-refractivity contribution in [2.75, 3.05) is 18.8 Å². The molecule has 0 bridgehead atoms. The molecular formula is C11H15N3O2. The predicted octanol–water partition coefficient (Wildman–Crippen LogP) is 0.740. The molecule has 5 heteroatoms. The highest BCUT2D eigenvalue weighted by atomic mass is 16.4. The molecule has 1 aromatic heterocycles. The molecule has 0 aromatic carbocycles. The van der Waals surface area contributed by atoms with Crippen LogP contribution in [-0.2, 0) is 13.0 Å². The lowest BCUT2D eigenvalue weighted by molar-refractivity contribution is 0.0695. The lowest BCUT2D eigenvalue weighted by Gasteiger charge is -2.28. The number of rotatable bonds is 2. The molecule has 5 nitrogen and oxygen atoms in total. The Morgan fingerprint density at radius 3 is 3.06 bits per heavy atom. The van der Waals surface area contributed by atoms with Crippen molar-refractivity contribution in [3.05, 3.63) is 22.9 Å². The molecule has 0 saturated heterocycles. The van der Waals surface area contributed by atoms with Crippen molar-refractivity contribution in [3.63, 3.8) is 0 Å². The highest BCUT2D eigenvalue weighted by molar-refractivity contribution is 5.94. The van der Waals surface area contributed by atoms with Crippen LogP contribution in [0.5, 0.6) is 0 Å². The van der Waals surface area contributed by atoms with E-state index in [-0.39, 0.29) is 11.4 Å². The van der Waals surface area contributed by atoms with Crippen molar-refractivity contribution in [1.29, 1.82) is 0 Å². The highest BCUT2D eigenvalue weighted by Crippen LogP contribution is 2.24. The lowest BCUT2D eigenvalue weighted by atomic mass is 9.96. The highest BCUT2D eigenvalue weighted by Gasteiger charge is 2.23. The number of hydrogen-bond donors (Lipinski definition) is 2. The normalized spacial score (nSPS) is 15.8. The Hall–Kier alpha value is -1.62. The van der Waals surface area contributed by atoms with Gasteiger partial charge in [0.15, 0.2) is 0 Å². The van der Waals surface area contributed by atoms with E-state index < -0.39 is 5.97 Å². The molecule has 0 fully saturated rings. The van der Waals surface area contributed by atoms with Crippen molar-refractivity contribution in [3.8, 4) is 0 Å². The van der Waals surface area contributed by atoms with Gasteiger partial charge >= 0.3 is 5.97 Å². The van der Waals surface area contributed by atoms with Gasteiger partial charge in [-0.25, -0.2) is 9.78 Å². The first-order valence-electron chi connectivity index (χ1n) is 5.35. The maximum atomic E-state index is 11.1. The maximum absolute atomic E-state index is 11.1. The van der Waals surface area contributed by atoms with Crippen LogP contribution in [0.4, 0.5) is 5.82 Å². The molecule has 1 aliphatic heterocycles. The summed E-state index contributed by atoms with van der Waals surface area (Å²) in [5, 5.41) is 9.11. The van der Waals surface area contributed by atoms with Gasteiger partial charge in [0.2, 0.25) is 0 Å². The second kappa shape index (κ2) is 4.09. The van der Waals surface area contributed by atoms with Crippen LogP contribution in [0.1, 0.15) is 28.4 Å². The van der Waals surface area contributed by atoms with Gasteiger partial charge in [-0.2, -0.15) is 0 Å². The molecule has 16 heavy (non-hydrogen) atoms. The van der Waals surface area contributed by atoms with E-state index in [1.165, 1.54) is 0 Å². The monoisotopic (exact) mass is 221 g/mol. The minimum absolute atomic E-state index is 0.121. The van der Waals surface area contributed by atoms with Gasteiger partial charge in [-0.1, -0.05) is 6.92 Å². The summed E-state index contributed by atoms with van der Waals surface area (Å²) >= 11 is 0. The van der Waals surface area contributed by atoms with E-state index in [0.717, 1.165) is 37.2 Å². The second-order valence-electron chi connectivity index (χ2n) is 3.95. The molecule has 0 amide bonds. The molecule has 0 spiro atoms. The molecule has 0 atom stereocenters. The fourth-order valence-corrected chi connectivity index (χ4v) is 2.13. The molecule has 86 valence electrons. The molecule has 0 aliphatic carbocycles. The van der Waals surface area contributed by atoms with Gasteiger partial charge in [0.05, 0.1) is 0 Å². The van der Waals surface area contributed by atoms with E-state index in [1.807, 2.05) is 0 Å². The number of carboxylic acids is 1. The number of carboxylic acid groups (broad SMARTS) is 1. The van der Waals surface area contributed by atoms with E-state index in [9.17, 15) is 4.79 Å². The predicted molar refractivity (Wildman–Crippen MR) is 60.3 cm³/mol. The average Bonchev–Trinajstić information content (AvgIpc) is 2.27. The van der Waals surface area contributed by atoms with Crippen LogP contribution < -0.4 is 5.73 Å². The number of nitrogen functional groups attached to an aromatic ring is 1. The number of hydrogen-bond acceptors (Lipinski definition) is 4. The number of aromatic carboxylic acids is 1. The molecule has 2 rings (SSSR count). The summed E-state index contributed by atoms with van der Waals surface area (Å²) in [6, 6.07) is 0. The average molecular weight is 221 g/mol. The summed E-state index contributed by atoms with van der Waals surface area (Å²) in [5.74, 6) is -0.858. The number of fused-ring (bicyclic) bond motifs is 1. The van der Waals surface area contributed by atoms with Crippen LogP contribution >= 0.6 is 0 Å². The molecule has 3 N–H and O–H groups in total. The molecule has 0 radical (unpaired) electrons. The number of anilines is 1. The van der Waals surface area contributed by atoms with Crippen LogP contribution in [0.3, 0.4) is 0 Å². The molecule has 2 heterocycles. The van der Waals surface area contributed by atoms with Crippen molar-refractivity contribution in [2.24, 2.45) is 0 Å². The number of likely N-dealkylation sites (N-methyl/N-ethyl adjacent to an activating group) is 1. The van der Waals surface area contributed by atoms with Gasteiger partial charge in [0.1, 0.15) is 11.4 Å². The first kappa shape index (κ1) is 10.9. The van der Waals surface area contributed by atoms with E-state index >= 15 is 0 Å². The van der Waals surface area contributed by atoms with Crippen LogP contribution in [0, 0.1) is 0 Å². The van der Waals surface area contributed by atoms with Crippen LogP contribution in [-0.4, -0.2) is 34.0 Å². The van der Waals surface area contributed by atoms with E-state index in [0.29, 0.717) is 0 Å². The summed E-state index contributed by atoms with van der Waals surface area (Å²) in [6.45, 7) is 4.70. The largest absolute Gasteiger partial charge is 0.478 e. The first-order valence-corrected chi connectivity index (χ1v) is 5.35. The summed E-state index contributed by atoms with van der Waals surface area (Å²) in [6.07, 6.45) is 2.43. The molecule has 1 aliphatic rings. The Morgan fingerprint density at radius 2 is 2.44 bits per heavy atom. The quantitative estimate of drug-likeness (QED) is 0.770. The third-order valence-electron chi connectivity index (χ3n) is 3.04. The molecule has 0 unspecified atom stereocenters. The van der Waals surface area contributed by atoms with Gasteiger partial charge in [-0.15, -0.1) is 0 Å².